The Morgan fingerprint density at radius 1 is 1.00 bits per heavy atom. The largest absolute Gasteiger partial charge is 0.497 e. The van der Waals surface area contributed by atoms with Crippen LogP contribution < -0.4 is 9.46 Å². The number of hydrogen-bond acceptors (Lipinski definition) is 6. The summed E-state index contributed by atoms with van der Waals surface area (Å²) in [5.74, 6) is -0.711. The molecular formula is C20H18N2O6S. The van der Waals surface area contributed by atoms with Crippen molar-refractivity contribution in [1.82, 2.24) is 4.98 Å². The second kappa shape index (κ2) is 8.61. The van der Waals surface area contributed by atoms with Crippen molar-refractivity contribution in [3.8, 4) is 5.75 Å². The number of anilines is 1. The van der Waals surface area contributed by atoms with Crippen molar-refractivity contribution in [2.75, 3.05) is 18.4 Å². The van der Waals surface area contributed by atoms with Gasteiger partial charge in [0.25, 0.3) is 10.0 Å². The van der Waals surface area contributed by atoms with Gasteiger partial charge in [0.1, 0.15) is 5.75 Å². The Hall–Kier alpha value is -3.59. The van der Waals surface area contributed by atoms with Gasteiger partial charge < -0.3 is 14.5 Å². The van der Waals surface area contributed by atoms with Gasteiger partial charge in [0.15, 0.2) is 6.61 Å². The predicted molar refractivity (Wildman–Crippen MR) is 106 cm³/mol. The van der Waals surface area contributed by atoms with E-state index in [1.54, 1.807) is 30.5 Å². The van der Waals surface area contributed by atoms with E-state index in [1.807, 2.05) is 0 Å². The molecule has 0 aliphatic rings. The quantitative estimate of drug-likeness (QED) is 0.433. The maximum absolute atomic E-state index is 12.6. The van der Waals surface area contributed by atoms with Crippen LogP contribution in [0.1, 0.15) is 20.8 Å². The Balaban J connectivity index is 1.75. The summed E-state index contributed by atoms with van der Waals surface area (Å²) in [4.78, 5) is 27.1. The highest BCUT2D eigenvalue weighted by Crippen LogP contribution is 2.22. The van der Waals surface area contributed by atoms with Gasteiger partial charge in [0, 0.05) is 6.20 Å². The molecular weight excluding hydrogens is 396 g/mol. The van der Waals surface area contributed by atoms with Crippen LogP contribution in [0.3, 0.4) is 0 Å². The van der Waals surface area contributed by atoms with Crippen LogP contribution in [0, 0.1) is 0 Å². The molecule has 2 N–H and O–H groups in total. The van der Waals surface area contributed by atoms with Crippen molar-refractivity contribution in [1.29, 1.82) is 0 Å². The smallest absolute Gasteiger partial charge is 0.340 e. The number of rotatable bonds is 8. The molecule has 0 amide bonds. The molecule has 2 aromatic carbocycles. The van der Waals surface area contributed by atoms with Crippen LogP contribution in [0.15, 0.2) is 71.8 Å². The zero-order valence-corrected chi connectivity index (χ0v) is 16.2. The summed E-state index contributed by atoms with van der Waals surface area (Å²) in [6, 6.07) is 15.0. The molecule has 0 radical (unpaired) electrons. The predicted octanol–water partition coefficient (Wildman–Crippen LogP) is 2.86. The minimum absolute atomic E-state index is 0.00314. The lowest BCUT2D eigenvalue weighted by Crippen LogP contribution is -2.18. The number of ether oxygens (including phenoxy) is 2. The summed E-state index contributed by atoms with van der Waals surface area (Å²) in [7, 11) is -2.47. The van der Waals surface area contributed by atoms with Crippen molar-refractivity contribution in [3.05, 3.63) is 78.1 Å². The number of ketones is 1. The fourth-order valence-corrected chi connectivity index (χ4v) is 3.58. The molecule has 3 rings (SSSR count). The number of H-pyrrole nitrogens is 1. The van der Waals surface area contributed by atoms with Crippen LogP contribution in [0.5, 0.6) is 5.75 Å². The number of sulfonamides is 1. The van der Waals surface area contributed by atoms with Crippen molar-refractivity contribution < 1.29 is 27.5 Å². The first-order valence-corrected chi connectivity index (χ1v) is 9.98. The van der Waals surface area contributed by atoms with Crippen LogP contribution in [0.2, 0.25) is 0 Å². The topological polar surface area (TPSA) is 115 Å². The summed E-state index contributed by atoms with van der Waals surface area (Å²) < 4.78 is 37.7. The van der Waals surface area contributed by atoms with E-state index >= 15 is 0 Å². The molecule has 3 aromatic rings. The third kappa shape index (κ3) is 4.82. The lowest BCUT2D eigenvalue weighted by atomic mass is 10.2. The van der Waals surface area contributed by atoms with Gasteiger partial charge in [-0.1, -0.05) is 12.1 Å². The lowest BCUT2D eigenvalue weighted by molar-refractivity contribution is 0.0474. The van der Waals surface area contributed by atoms with Gasteiger partial charge in [-0.05, 0) is 48.5 Å². The molecule has 9 heteroatoms. The number of benzene rings is 2. The highest BCUT2D eigenvalue weighted by molar-refractivity contribution is 7.92. The first kappa shape index (κ1) is 20.2. The minimum atomic E-state index is -3.95. The second-order valence-electron chi connectivity index (χ2n) is 5.91. The number of nitrogens with one attached hydrogen (secondary N) is 2. The number of aromatic nitrogens is 1. The van der Waals surface area contributed by atoms with Crippen LogP contribution in [-0.4, -0.2) is 38.9 Å². The van der Waals surface area contributed by atoms with E-state index in [1.165, 1.54) is 43.5 Å². The Morgan fingerprint density at radius 3 is 2.38 bits per heavy atom. The first-order chi connectivity index (χ1) is 13.9. The highest BCUT2D eigenvalue weighted by atomic mass is 32.2. The molecule has 8 nitrogen and oxygen atoms in total. The Labute approximate surface area is 167 Å². The Morgan fingerprint density at radius 2 is 1.72 bits per heavy atom. The fourth-order valence-electron chi connectivity index (χ4n) is 2.50. The van der Waals surface area contributed by atoms with Crippen molar-refractivity contribution in [2.45, 2.75) is 4.90 Å². The van der Waals surface area contributed by atoms with Gasteiger partial charge >= 0.3 is 5.97 Å². The molecule has 0 saturated heterocycles. The molecule has 0 bridgehead atoms. The van der Waals surface area contributed by atoms with Gasteiger partial charge in [0.05, 0.1) is 29.0 Å². The number of esters is 1. The molecule has 0 atom stereocenters. The summed E-state index contributed by atoms with van der Waals surface area (Å²) in [6.07, 6.45) is 1.58. The fraction of sp³-hybridized carbons (Fsp3) is 0.100. The average molecular weight is 414 g/mol. The molecule has 1 aromatic heterocycles. The minimum Gasteiger partial charge on any atom is -0.497 e. The maximum atomic E-state index is 12.6. The van der Waals surface area contributed by atoms with Gasteiger partial charge in [-0.25, -0.2) is 13.2 Å². The van der Waals surface area contributed by atoms with E-state index in [9.17, 15) is 18.0 Å². The van der Waals surface area contributed by atoms with Gasteiger partial charge in [0.2, 0.25) is 5.78 Å². The van der Waals surface area contributed by atoms with E-state index in [2.05, 4.69) is 9.71 Å². The molecule has 1 heterocycles. The normalized spacial score (nSPS) is 10.9. The van der Waals surface area contributed by atoms with Crippen LogP contribution in [0.25, 0.3) is 0 Å². The van der Waals surface area contributed by atoms with Gasteiger partial charge in [-0.2, -0.15) is 0 Å². The van der Waals surface area contributed by atoms with Crippen LogP contribution in [-0.2, 0) is 14.8 Å². The van der Waals surface area contributed by atoms with Crippen molar-refractivity contribution in [2.24, 2.45) is 0 Å². The number of carbonyl (C=O) groups excluding carboxylic acids is 2. The second-order valence-corrected chi connectivity index (χ2v) is 7.59. The summed E-state index contributed by atoms with van der Waals surface area (Å²) in [6.45, 7) is -0.473. The Bertz CT molecular complexity index is 1110. The van der Waals surface area contributed by atoms with Crippen LogP contribution >= 0.6 is 0 Å². The third-order valence-corrected chi connectivity index (χ3v) is 5.38. The SMILES string of the molecule is COc1ccc(S(=O)(=O)Nc2ccccc2C(=O)OCC(=O)c2ccc[nH]2)cc1. The standard InChI is InChI=1S/C20H18N2O6S/c1-27-14-8-10-15(11-9-14)29(25,26)22-17-6-3-2-5-16(17)20(24)28-13-19(23)18-7-4-12-21-18/h2-12,21-22H,13H2,1H3. The molecule has 29 heavy (non-hydrogen) atoms. The third-order valence-electron chi connectivity index (χ3n) is 3.99. The first-order valence-electron chi connectivity index (χ1n) is 8.50. The number of Topliss-reactive ketones (excluding diaryl/α,β-unsaturated/α-hetero) is 1. The van der Waals surface area contributed by atoms with Gasteiger partial charge in [-0.15, -0.1) is 0 Å². The number of carbonyl (C=O) groups is 2. The van der Waals surface area contributed by atoms with E-state index in [4.69, 9.17) is 9.47 Å². The Kier molecular flexibility index (Phi) is 5.99. The number of methoxy groups -OCH3 is 1. The summed E-state index contributed by atoms with van der Waals surface area (Å²) in [5, 5.41) is 0. The van der Waals surface area contributed by atoms with Gasteiger partial charge in [-0.3, -0.25) is 9.52 Å². The summed E-state index contributed by atoms with van der Waals surface area (Å²) >= 11 is 0. The molecule has 0 aliphatic heterocycles. The molecule has 150 valence electrons. The zero-order chi connectivity index (χ0) is 20.9. The zero-order valence-electron chi connectivity index (χ0n) is 15.4. The average Bonchev–Trinajstić information content (AvgIpc) is 3.27. The molecule has 0 aliphatic carbocycles. The highest BCUT2D eigenvalue weighted by Gasteiger charge is 2.20. The van der Waals surface area contributed by atoms with E-state index < -0.39 is 28.4 Å². The van der Waals surface area contributed by atoms with E-state index in [-0.39, 0.29) is 16.1 Å². The number of para-hydroxylation sites is 1. The maximum Gasteiger partial charge on any atom is 0.340 e. The molecule has 0 unspecified atom stereocenters. The van der Waals surface area contributed by atoms with Crippen molar-refractivity contribution in [3.63, 3.8) is 0 Å². The van der Waals surface area contributed by atoms with Crippen molar-refractivity contribution >= 4 is 27.5 Å². The van der Waals surface area contributed by atoms with E-state index in [0.29, 0.717) is 11.4 Å². The molecule has 0 saturated carbocycles. The molecule has 0 fully saturated rings. The monoisotopic (exact) mass is 414 g/mol. The number of hydrogen-bond donors (Lipinski definition) is 2. The molecule has 0 spiro atoms. The van der Waals surface area contributed by atoms with Crippen LogP contribution in [0.4, 0.5) is 5.69 Å². The summed E-state index contributed by atoms with van der Waals surface area (Å²) in [5.41, 5.74) is 0.343. The van der Waals surface area contributed by atoms with E-state index in [0.717, 1.165) is 0 Å². The number of aromatic amines is 1. The lowest BCUT2D eigenvalue weighted by Gasteiger charge is -2.12.